The summed E-state index contributed by atoms with van der Waals surface area (Å²) in [7, 11) is 0. The number of carboxylic acids is 1. The van der Waals surface area contributed by atoms with E-state index < -0.39 is 11.5 Å². The van der Waals surface area contributed by atoms with Crippen LogP contribution in [-0.2, 0) is 9.53 Å². The first kappa shape index (κ1) is 11.9. The van der Waals surface area contributed by atoms with Crippen LogP contribution in [-0.4, -0.2) is 35.9 Å². The van der Waals surface area contributed by atoms with Crippen molar-refractivity contribution in [1.82, 2.24) is 5.32 Å². The lowest BCUT2D eigenvalue weighted by atomic mass is 9.90. The van der Waals surface area contributed by atoms with E-state index in [0.717, 1.165) is 32.4 Å². The summed E-state index contributed by atoms with van der Waals surface area (Å²) in [6, 6.07) is 0. The van der Waals surface area contributed by atoms with Crippen molar-refractivity contribution in [3.63, 3.8) is 0 Å². The summed E-state index contributed by atoms with van der Waals surface area (Å²) in [6.45, 7) is 3.46. The highest BCUT2D eigenvalue weighted by Crippen LogP contribution is 2.30. The third kappa shape index (κ3) is 2.55. The second kappa shape index (κ2) is 4.72. The lowest BCUT2D eigenvalue weighted by Crippen LogP contribution is -2.44. The van der Waals surface area contributed by atoms with E-state index in [9.17, 15) is 4.79 Å². The minimum absolute atomic E-state index is 0.358. The van der Waals surface area contributed by atoms with Crippen LogP contribution in [0.15, 0.2) is 0 Å². The Hall–Kier alpha value is -0.610. The fourth-order valence-electron chi connectivity index (χ4n) is 2.79. The maximum Gasteiger partial charge on any atom is 0.323 e. The quantitative estimate of drug-likeness (QED) is 0.765. The molecule has 92 valence electrons. The van der Waals surface area contributed by atoms with Gasteiger partial charge in [-0.15, -0.1) is 0 Å². The van der Waals surface area contributed by atoms with E-state index in [-0.39, 0.29) is 0 Å². The standard InChI is InChI=1S/C12H21NO3/c1-12(11(14)15)7-9(8-13-12)6-10-4-2-3-5-16-10/h9-10,13H,2-8H2,1H3,(H,14,15). The van der Waals surface area contributed by atoms with Gasteiger partial charge in [0.2, 0.25) is 0 Å². The SMILES string of the molecule is CC1(C(=O)O)CC(CC2CCCCO2)CN1. The molecular formula is C12H21NO3. The summed E-state index contributed by atoms with van der Waals surface area (Å²) < 4.78 is 5.69. The minimum atomic E-state index is -0.737. The molecule has 0 aliphatic carbocycles. The number of hydrogen-bond donors (Lipinski definition) is 2. The molecule has 0 saturated carbocycles. The van der Waals surface area contributed by atoms with Crippen molar-refractivity contribution in [3.8, 4) is 0 Å². The maximum absolute atomic E-state index is 11.1. The summed E-state index contributed by atoms with van der Waals surface area (Å²) in [5.41, 5.74) is -0.723. The molecule has 2 N–H and O–H groups in total. The van der Waals surface area contributed by atoms with Crippen LogP contribution in [0.2, 0.25) is 0 Å². The Balaban J connectivity index is 1.82. The number of rotatable bonds is 3. The van der Waals surface area contributed by atoms with Crippen LogP contribution in [0.4, 0.5) is 0 Å². The molecule has 0 aromatic carbocycles. The van der Waals surface area contributed by atoms with Gasteiger partial charge in [-0.1, -0.05) is 0 Å². The minimum Gasteiger partial charge on any atom is -0.480 e. The highest BCUT2D eigenvalue weighted by Gasteiger charge is 2.41. The molecule has 4 heteroatoms. The third-order valence-corrected chi connectivity index (χ3v) is 3.82. The summed E-state index contributed by atoms with van der Waals surface area (Å²) in [6.07, 6.45) is 5.66. The maximum atomic E-state index is 11.1. The van der Waals surface area contributed by atoms with Gasteiger partial charge in [0.25, 0.3) is 0 Å². The van der Waals surface area contributed by atoms with Crippen molar-refractivity contribution in [1.29, 1.82) is 0 Å². The highest BCUT2D eigenvalue weighted by molar-refractivity contribution is 5.78. The first-order valence-electron chi connectivity index (χ1n) is 6.20. The van der Waals surface area contributed by atoms with Crippen molar-refractivity contribution >= 4 is 5.97 Å². The fraction of sp³-hybridized carbons (Fsp3) is 0.917. The van der Waals surface area contributed by atoms with Gasteiger partial charge in [-0.25, -0.2) is 0 Å². The van der Waals surface area contributed by atoms with Gasteiger partial charge in [0.05, 0.1) is 6.10 Å². The van der Waals surface area contributed by atoms with E-state index in [2.05, 4.69) is 5.32 Å². The molecule has 0 amide bonds. The Morgan fingerprint density at radius 1 is 1.56 bits per heavy atom. The van der Waals surface area contributed by atoms with Gasteiger partial charge >= 0.3 is 5.97 Å². The van der Waals surface area contributed by atoms with E-state index in [4.69, 9.17) is 9.84 Å². The van der Waals surface area contributed by atoms with Gasteiger partial charge in [0.15, 0.2) is 0 Å². The normalized spacial score (nSPS) is 39.8. The zero-order valence-corrected chi connectivity index (χ0v) is 9.87. The molecule has 0 aromatic heterocycles. The summed E-state index contributed by atoms with van der Waals surface area (Å²) in [5.74, 6) is -0.288. The second-order valence-electron chi connectivity index (χ2n) is 5.31. The number of carboxylic acid groups (broad SMARTS) is 1. The van der Waals surface area contributed by atoms with Gasteiger partial charge in [0.1, 0.15) is 5.54 Å². The zero-order valence-electron chi connectivity index (χ0n) is 9.87. The van der Waals surface area contributed by atoms with Crippen LogP contribution >= 0.6 is 0 Å². The predicted molar refractivity (Wildman–Crippen MR) is 60.4 cm³/mol. The first-order valence-corrected chi connectivity index (χ1v) is 6.20. The van der Waals surface area contributed by atoms with Crippen LogP contribution in [0.1, 0.15) is 39.0 Å². The molecule has 3 unspecified atom stereocenters. The molecule has 2 aliphatic heterocycles. The van der Waals surface area contributed by atoms with Crippen molar-refractivity contribution < 1.29 is 14.6 Å². The van der Waals surface area contributed by atoms with Gasteiger partial charge < -0.3 is 15.2 Å². The number of carbonyl (C=O) groups is 1. The van der Waals surface area contributed by atoms with E-state index in [1.54, 1.807) is 6.92 Å². The van der Waals surface area contributed by atoms with E-state index in [1.165, 1.54) is 12.8 Å². The summed E-state index contributed by atoms with van der Waals surface area (Å²) >= 11 is 0. The van der Waals surface area contributed by atoms with Gasteiger partial charge in [-0.3, -0.25) is 4.79 Å². The van der Waals surface area contributed by atoms with Gasteiger partial charge in [0, 0.05) is 6.61 Å². The van der Waals surface area contributed by atoms with Crippen LogP contribution < -0.4 is 5.32 Å². The molecular weight excluding hydrogens is 206 g/mol. The lowest BCUT2D eigenvalue weighted by molar-refractivity contribution is -0.143. The molecule has 2 fully saturated rings. The molecule has 3 atom stereocenters. The Bertz CT molecular complexity index is 263. The number of aliphatic carboxylic acids is 1. The average molecular weight is 227 g/mol. The summed E-state index contributed by atoms with van der Waals surface area (Å²) in [4.78, 5) is 11.1. The Labute approximate surface area is 96.4 Å². The predicted octanol–water partition coefficient (Wildman–Crippen LogP) is 1.40. The molecule has 2 saturated heterocycles. The number of hydrogen-bond acceptors (Lipinski definition) is 3. The highest BCUT2D eigenvalue weighted by atomic mass is 16.5. The smallest absolute Gasteiger partial charge is 0.323 e. The zero-order chi connectivity index (χ0) is 11.6. The monoisotopic (exact) mass is 227 g/mol. The molecule has 2 aliphatic rings. The average Bonchev–Trinajstić information content (AvgIpc) is 2.63. The van der Waals surface area contributed by atoms with Crippen LogP contribution in [0.5, 0.6) is 0 Å². The van der Waals surface area contributed by atoms with Crippen molar-refractivity contribution in [3.05, 3.63) is 0 Å². The fourth-order valence-corrected chi connectivity index (χ4v) is 2.79. The van der Waals surface area contributed by atoms with Crippen molar-refractivity contribution in [2.24, 2.45) is 5.92 Å². The second-order valence-corrected chi connectivity index (χ2v) is 5.31. The topological polar surface area (TPSA) is 58.6 Å². The largest absolute Gasteiger partial charge is 0.480 e. The first-order chi connectivity index (χ1) is 7.60. The number of ether oxygens (including phenoxy) is 1. The van der Waals surface area contributed by atoms with Gasteiger partial charge in [-0.05, 0) is 51.5 Å². The lowest BCUT2D eigenvalue weighted by Gasteiger charge is -2.25. The van der Waals surface area contributed by atoms with Crippen LogP contribution in [0.25, 0.3) is 0 Å². The summed E-state index contributed by atoms with van der Waals surface area (Å²) in [5, 5.41) is 12.2. The third-order valence-electron chi connectivity index (χ3n) is 3.82. The molecule has 0 aromatic rings. The van der Waals surface area contributed by atoms with Crippen LogP contribution in [0.3, 0.4) is 0 Å². The van der Waals surface area contributed by atoms with E-state index in [0.29, 0.717) is 12.0 Å². The molecule has 2 heterocycles. The molecule has 0 bridgehead atoms. The Kier molecular flexibility index (Phi) is 3.50. The number of nitrogens with one attached hydrogen (secondary N) is 1. The molecule has 0 spiro atoms. The van der Waals surface area contributed by atoms with Crippen molar-refractivity contribution in [2.75, 3.05) is 13.2 Å². The molecule has 0 radical (unpaired) electrons. The Morgan fingerprint density at radius 2 is 2.38 bits per heavy atom. The molecule has 2 rings (SSSR count). The van der Waals surface area contributed by atoms with Crippen LogP contribution in [0, 0.1) is 5.92 Å². The molecule has 16 heavy (non-hydrogen) atoms. The molecule has 4 nitrogen and oxygen atoms in total. The van der Waals surface area contributed by atoms with E-state index in [1.807, 2.05) is 0 Å². The van der Waals surface area contributed by atoms with Crippen molar-refractivity contribution in [2.45, 2.75) is 50.7 Å². The Morgan fingerprint density at radius 3 is 2.94 bits per heavy atom. The van der Waals surface area contributed by atoms with Gasteiger partial charge in [-0.2, -0.15) is 0 Å². The van der Waals surface area contributed by atoms with E-state index >= 15 is 0 Å².